The van der Waals surface area contributed by atoms with E-state index < -0.39 is 0 Å². The van der Waals surface area contributed by atoms with Crippen LogP contribution < -0.4 is 4.74 Å². The highest BCUT2D eigenvalue weighted by Gasteiger charge is 2.10. The molecule has 5 heteroatoms. The Morgan fingerprint density at radius 2 is 1.95 bits per heavy atom. The van der Waals surface area contributed by atoms with Gasteiger partial charge in [-0.3, -0.25) is 0 Å². The van der Waals surface area contributed by atoms with Gasteiger partial charge in [0.2, 0.25) is 0 Å². The minimum absolute atomic E-state index is 0.0610. The quantitative estimate of drug-likeness (QED) is 0.798. The first-order chi connectivity index (χ1) is 10.2. The average Bonchev–Trinajstić information content (AvgIpc) is 2.84. The molecular formula is C16H17N3O2. The lowest BCUT2D eigenvalue weighted by Gasteiger charge is -2.12. The predicted molar refractivity (Wildman–Crippen MR) is 79.9 cm³/mol. The standard InChI is InChI=1S/C16H17N3O2/c1-11-17-18-16(19(11)2)10-21-15-8-7-12-5-3-4-6-13(12)14(15)9-20/h3-8,20H,9-10H2,1-2H3. The summed E-state index contributed by atoms with van der Waals surface area (Å²) in [4.78, 5) is 0. The molecule has 0 atom stereocenters. The molecule has 0 saturated carbocycles. The van der Waals surface area contributed by atoms with Crippen molar-refractivity contribution in [3.63, 3.8) is 0 Å². The van der Waals surface area contributed by atoms with E-state index in [1.807, 2.05) is 54.9 Å². The van der Waals surface area contributed by atoms with Crippen LogP contribution in [0, 0.1) is 6.92 Å². The third-order valence-electron chi connectivity index (χ3n) is 3.70. The molecule has 0 aliphatic heterocycles. The number of rotatable bonds is 4. The summed E-state index contributed by atoms with van der Waals surface area (Å²) >= 11 is 0. The maximum absolute atomic E-state index is 9.66. The minimum Gasteiger partial charge on any atom is -0.485 e. The van der Waals surface area contributed by atoms with Gasteiger partial charge in [0.1, 0.15) is 18.2 Å². The molecule has 3 rings (SSSR count). The molecule has 21 heavy (non-hydrogen) atoms. The molecule has 0 aliphatic rings. The number of aliphatic hydroxyl groups excluding tert-OH is 1. The summed E-state index contributed by atoms with van der Waals surface area (Å²) in [7, 11) is 1.90. The first-order valence-corrected chi connectivity index (χ1v) is 6.80. The molecule has 0 unspecified atom stereocenters. The third-order valence-corrected chi connectivity index (χ3v) is 3.70. The molecule has 0 radical (unpaired) electrons. The highest BCUT2D eigenvalue weighted by atomic mass is 16.5. The summed E-state index contributed by atoms with van der Waals surface area (Å²) in [6.07, 6.45) is 0. The van der Waals surface area contributed by atoms with E-state index >= 15 is 0 Å². The van der Waals surface area contributed by atoms with Crippen molar-refractivity contribution in [2.45, 2.75) is 20.1 Å². The van der Waals surface area contributed by atoms with Crippen LogP contribution in [-0.4, -0.2) is 19.9 Å². The van der Waals surface area contributed by atoms with Crippen molar-refractivity contribution >= 4 is 10.8 Å². The number of hydrogen-bond acceptors (Lipinski definition) is 4. The second-order valence-electron chi connectivity index (χ2n) is 4.93. The van der Waals surface area contributed by atoms with E-state index in [0.29, 0.717) is 12.4 Å². The van der Waals surface area contributed by atoms with Crippen LogP contribution in [-0.2, 0) is 20.3 Å². The van der Waals surface area contributed by atoms with Gasteiger partial charge in [-0.05, 0) is 23.8 Å². The molecule has 0 spiro atoms. The Morgan fingerprint density at radius 3 is 2.67 bits per heavy atom. The Labute approximate surface area is 122 Å². The molecule has 0 amide bonds. The fourth-order valence-electron chi connectivity index (χ4n) is 2.33. The van der Waals surface area contributed by atoms with Crippen molar-refractivity contribution < 1.29 is 9.84 Å². The van der Waals surface area contributed by atoms with E-state index in [-0.39, 0.29) is 6.61 Å². The first kappa shape index (κ1) is 13.6. The van der Waals surface area contributed by atoms with Gasteiger partial charge in [0.05, 0.1) is 6.61 Å². The van der Waals surface area contributed by atoms with Crippen LogP contribution in [0.1, 0.15) is 17.2 Å². The molecule has 108 valence electrons. The smallest absolute Gasteiger partial charge is 0.170 e. The second kappa shape index (κ2) is 5.54. The number of aryl methyl sites for hydroxylation is 1. The number of aliphatic hydroxyl groups is 1. The van der Waals surface area contributed by atoms with Crippen LogP contribution in [0.4, 0.5) is 0 Å². The number of benzene rings is 2. The summed E-state index contributed by atoms with van der Waals surface area (Å²) in [5, 5.41) is 19.8. The minimum atomic E-state index is -0.0610. The van der Waals surface area contributed by atoms with Crippen LogP contribution >= 0.6 is 0 Å². The number of hydrogen-bond donors (Lipinski definition) is 1. The van der Waals surface area contributed by atoms with Crippen molar-refractivity contribution in [2.75, 3.05) is 0 Å². The number of fused-ring (bicyclic) bond motifs is 1. The zero-order valence-corrected chi connectivity index (χ0v) is 12.1. The Hall–Kier alpha value is -2.40. The largest absolute Gasteiger partial charge is 0.485 e. The van der Waals surface area contributed by atoms with Gasteiger partial charge in [0.15, 0.2) is 5.82 Å². The summed E-state index contributed by atoms with van der Waals surface area (Å²) in [6.45, 7) is 2.16. The van der Waals surface area contributed by atoms with Gasteiger partial charge in [0.25, 0.3) is 0 Å². The van der Waals surface area contributed by atoms with Gasteiger partial charge in [-0.25, -0.2) is 0 Å². The van der Waals surface area contributed by atoms with Crippen LogP contribution in [0.15, 0.2) is 36.4 Å². The summed E-state index contributed by atoms with van der Waals surface area (Å²) in [6, 6.07) is 11.8. The van der Waals surface area contributed by atoms with Gasteiger partial charge in [-0.1, -0.05) is 30.3 Å². The highest BCUT2D eigenvalue weighted by molar-refractivity contribution is 5.87. The second-order valence-corrected chi connectivity index (χ2v) is 4.93. The molecule has 5 nitrogen and oxygen atoms in total. The Bertz CT molecular complexity index is 780. The molecule has 0 aliphatic carbocycles. The maximum atomic E-state index is 9.66. The van der Waals surface area contributed by atoms with E-state index in [9.17, 15) is 5.11 Å². The van der Waals surface area contributed by atoms with Crippen molar-refractivity contribution in [2.24, 2.45) is 7.05 Å². The topological polar surface area (TPSA) is 60.2 Å². The van der Waals surface area contributed by atoms with Gasteiger partial charge in [-0.2, -0.15) is 0 Å². The maximum Gasteiger partial charge on any atom is 0.170 e. The Kier molecular flexibility index (Phi) is 3.58. The summed E-state index contributed by atoms with van der Waals surface area (Å²) < 4.78 is 7.72. The van der Waals surface area contributed by atoms with E-state index in [1.165, 1.54) is 0 Å². The Balaban J connectivity index is 1.92. The van der Waals surface area contributed by atoms with E-state index in [1.54, 1.807) is 0 Å². The number of aromatic nitrogens is 3. The number of ether oxygens (including phenoxy) is 1. The molecule has 0 saturated heterocycles. The van der Waals surface area contributed by atoms with Crippen molar-refractivity contribution in [3.8, 4) is 5.75 Å². The fraction of sp³-hybridized carbons (Fsp3) is 0.250. The van der Waals surface area contributed by atoms with Gasteiger partial charge in [-0.15, -0.1) is 10.2 Å². The van der Waals surface area contributed by atoms with Crippen molar-refractivity contribution in [1.29, 1.82) is 0 Å². The van der Waals surface area contributed by atoms with Crippen LogP contribution in [0.5, 0.6) is 5.75 Å². The molecule has 3 aromatic rings. The lowest BCUT2D eigenvalue weighted by molar-refractivity contribution is 0.255. The Morgan fingerprint density at radius 1 is 1.14 bits per heavy atom. The average molecular weight is 283 g/mol. The lowest BCUT2D eigenvalue weighted by atomic mass is 10.0. The predicted octanol–water partition coefficient (Wildman–Crippen LogP) is 2.35. The highest BCUT2D eigenvalue weighted by Crippen LogP contribution is 2.28. The molecule has 1 heterocycles. The fourth-order valence-corrected chi connectivity index (χ4v) is 2.33. The van der Waals surface area contributed by atoms with Gasteiger partial charge >= 0.3 is 0 Å². The molecule has 2 aromatic carbocycles. The normalized spacial score (nSPS) is 11.0. The molecule has 0 bridgehead atoms. The van der Waals surface area contributed by atoms with Crippen molar-refractivity contribution in [3.05, 3.63) is 53.6 Å². The lowest BCUT2D eigenvalue weighted by Crippen LogP contribution is -2.06. The van der Waals surface area contributed by atoms with Crippen LogP contribution in [0.2, 0.25) is 0 Å². The third kappa shape index (κ3) is 2.48. The van der Waals surface area contributed by atoms with Crippen LogP contribution in [0.25, 0.3) is 10.8 Å². The summed E-state index contributed by atoms with van der Waals surface area (Å²) in [5.41, 5.74) is 0.798. The van der Waals surface area contributed by atoms with Crippen molar-refractivity contribution in [1.82, 2.24) is 14.8 Å². The van der Waals surface area contributed by atoms with E-state index in [2.05, 4.69) is 10.2 Å². The molecular weight excluding hydrogens is 266 g/mol. The molecule has 0 fully saturated rings. The van der Waals surface area contributed by atoms with Gasteiger partial charge < -0.3 is 14.4 Å². The molecule has 1 N–H and O–H groups in total. The SMILES string of the molecule is Cc1nnc(COc2ccc3ccccc3c2CO)n1C. The monoisotopic (exact) mass is 283 g/mol. The van der Waals surface area contributed by atoms with E-state index in [0.717, 1.165) is 28.0 Å². The zero-order chi connectivity index (χ0) is 14.8. The van der Waals surface area contributed by atoms with Crippen LogP contribution in [0.3, 0.4) is 0 Å². The van der Waals surface area contributed by atoms with Gasteiger partial charge in [0, 0.05) is 12.6 Å². The van der Waals surface area contributed by atoms with E-state index in [4.69, 9.17) is 4.74 Å². The zero-order valence-electron chi connectivity index (χ0n) is 12.1. The molecule has 1 aromatic heterocycles. The first-order valence-electron chi connectivity index (χ1n) is 6.80. The number of nitrogens with zero attached hydrogens (tertiary/aromatic N) is 3. The summed E-state index contributed by atoms with van der Waals surface area (Å²) in [5.74, 6) is 2.27.